The molecular formula is C48H27BN2O3. The quantitative estimate of drug-likeness (QED) is 0.170. The molecule has 0 unspecified atom stereocenters. The molecule has 0 aliphatic carbocycles. The van der Waals surface area contributed by atoms with E-state index >= 15 is 0 Å². The van der Waals surface area contributed by atoms with E-state index in [-0.39, 0.29) is 0 Å². The Morgan fingerprint density at radius 3 is 1.57 bits per heavy atom. The molecule has 6 heteroatoms. The highest BCUT2D eigenvalue weighted by atomic mass is 16.6. The zero-order valence-electron chi connectivity index (χ0n) is 28.8. The molecule has 2 aliphatic heterocycles. The van der Waals surface area contributed by atoms with Crippen molar-refractivity contribution in [3.63, 3.8) is 0 Å². The predicted octanol–water partition coefficient (Wildman–Crippen LogP) is 11.6. The maximum Gasteiger partial charge on any atom is 0.633 e. The fraction of sp³-hybridized carbons (Fsp3) is 0. The van der Waals surface area contributed by atoms with Crippen LogP contribution in [0.25, 0.3) is 99.2 Å². The average molecular weight is 691 g/mol. The minimum atomic E-state index is -0.544. The van der Waals surface area contributed by atoms with E-state index in [4.69, 9.17) is 13.7 Å². The smallest absolute Gasteiger partial charge is 0.521 e. The largest absolute Gasteiger partial charge is 0.633 e. The molecule has 0 N–H and O–H groups in total. The van der Waals surface area contributed by atoms with Crippen molar-refractivity contribution in [1.29, 1.82) is 0 Å². The first kappa shape index (κ1) is 28.4. The van der Waals surface area contributed by atoms with Gasteiger partial charge in [-0.1, -0.05) is 109 Å². The average Bonchev–Trinajstić information content (AvgIpc) is 3.89. The lowest BCUT2D eigenvalue weighted by Gasteiger charge is -2.32. The van der Waals surface area contributed by atoms with E-state index in [1.807, 2.05) is 24.3 Å². The fourth-order valence-electron chi connectivity index (χ4n) is 9.42. The number of para-hydroxylation sites is 6. The Hall–Kier alpha value is -7.18. The van der Waals surface area contributed by atoms with Crippen molar-refractivity contribution in [2.75, 3.05) is 0 Å². The Bertz CT molecular complexity index is 3340. The van der Waals surface area contributed by atoms with Crippen LogP contribution in [-0.4, -0.2) is 16.3 Å². The molecule has 5 heterocycles. The van der Waals surface area contributed by atoms with Crippen LogP contribution >= 0.6 is 0 Å². The van der Waals surface area contributed by atoms with E-state index in [1.165, 1.54) is 10.8 Å². The minimum absolute atomic E-state index is 0.544. The molecule has 0 fully saturated rings. The maximum absolute atomic E-state index is 7.01. The Balaban J connectivity index is 1.29. The molecule has 250 valence electrons. The molecule has 0 amide bonds. The number of benzene rings is 8. The molecule has 11 aromatic rings. The van der Waals surface area contributed by atoms with Crippen molar-refractivity contribution < 1.29 is 13.7 Å². The van der Waals surface area contributed by atoms with Gasteiger partial charge in [0, 0.05) is 49.5 Å². The first-order chi connectivity index (χ1) is 26.8. The Kier molecular flexibility index (Phi) is 5.39. The summed E-state index contributed by atoms with van der Waals surface area (Å²) in [5.41, 5.74) is 13.9. The van der Waals surface area contributed by atoms with Crippen LogP contribution in [-0.2, 0) is 0 Å². The number of nitrogens with zero attached hydrogens (tertiary/aromatic N) is 2. The van der Waals surface area contributed by atoms with Gasteiger partial charge in [-0.3, -0.25) is 0 Å². The summed E-state index contributed by atoms with van der Waals surface area (Å²) in [6.07, 6.45) is 0. The van der Waals surface area contributed by atoms with Crippen molar-refractivity contribution in [2.24, 2.45) is 0 Å². The monoisotopic (exact) mass is 690 g/mol. The summed E-state index contributed by atoms with van der Waals surface area (Å²) in [5.74, 6) is 1.63. The van der Waals surface area contributed by atoms with E-state index in [2.05, 4.69) is 149 Å². The van der Waals surface area contributed by atoms with Gasteiger partial charge in [0.15, 0.2) is 0 Å². The van der Waals surface area contributed by atoms with E-state index in [0.29, 0.717) is 0 Å². The lowest BCUT2D eigenvalue weighted by molar-refractivity contribution is 0.436. The van der Waals surface area contributed by atoms with Gasteiger partial charge in [-0.25, -0.2) is 0 Å². The number of hydrogen-bond acceptors (Lipinski definition) is 3. The molecule has 0 radical (unpaired) electrons. The van der Waals surface area contributed by atoms with Crippen LogP contribution in [0, 0.1) is 0 Å². The summed E-state index contributed by atoms with van der Waals surface area (Å²) >= 11 is 0. The lowest BCUT2D eigenvalue weighted by atomic mass is 9.66. The van der Waals surface area contributed by atoms with Crippen molar-refractivity contribution in [2.45, 2.75) is 0 Å². The summed E-state index contributed by atoms with van der Waals surface area (Å²) < 4.78 is 25.0. The van der Waals surface area contributed by atoms with E-state index < -0.39 is 7.12 Å². The van der Waals surface area contributed by atoms with Crippen LogP contribution in [0.2, 0.25) is 0 Å². The molecule has 3 aromatic heterocycles. The highest BCUT2D eigenvalue weighted by Crippen LogP contribution is 2.50. The minimum Gasteiger partial charge on any atom is -0.521 e. The number of rotatable bonds is 2. The van der Waals surface area contributed by atoms with Crippen LogP contribution in [0.3, 0.4) is 0 Å². The van der Waals surface area contributed by atoms with Crippen molar-refractivity contribution in [3.8, 4) is 45.1 Å². The molecule has 5 nitrogen and oxygen atoms in total. The summed E-state index contributed by atoms with van der Waals surface area (Å²) in [5, 5.41) is 6.86. The maximum atomic E-state index is 7.01. The zero-order valence-corrected chi connectivity index (χ0v) is 28.8. The van der Waals surface area contributed by atoms with Gasteiger partial charge >= 0.3 is 7.12 Å². The van der Waals surface area contributed by atoms with Crippen LogP contribution < -0.4 is 14.8 Å². The van der Waals surface area contributed by atoms with Gasteiger partial charge in [-0.2, -0.15) is 0 Å². The Labute approximate surface area is 308 Å². The zero-order chi connectivity index (χ0) is 35.1. The highest BCUT2D eigenvalue weighted by Gasteiger charge is 2.42. The highest BCUT2D eigenvalue weighted by molar-refractivity contribution is 6.68. The number of aromatic nitrogens is 2. The molecular weight excluding hydrogens is 663 g/mol. The molecule has 54 heavy (non-hydrogen) atoms. The van der Waals surface area contributed by atoms with E-state index in [1.54, 1.807) is 0 Å². The third-order valence-electron chi connectivity index (χ3n) is 11.5. The third kappa shape index (κ3) is 3.55. The summed E-state index contributed by atoms with van der Waals surface area (Å²) in [7, 11) is -0.544. The molecule has 0 bridgehead atoms. The number of furan rings is 1. The van der Waals surface area contributed by atoms with Gasteiger partial charge < -0.3 is 22.9 Å². The van der Waals surface area contributed by atoms with Gasteiger partial charge in [0.2, 0.25) is 0 Å². The molecule has 0 spiro atoms. The number of hydrogen-bond donors (Lipinski definition) is 0. The van der Waals surface area contributed by atoms with Crippen LogP contribution in [0.1, 0.15) is 0 Å². The van der Waals surface area contributed by atoms with Crippen LogP contribution in [0.4, 0.5) is 0 Å². The van der Waals surface area contributed by atoms with Gasteiger partial charge in [-0.15, -0.1) is 0 Å². The normalized spacial score (nSPS) is 13.1. The van der Waals surface area contributed by atoms with E-state index in [0.717, 1.165) is 105 Å². The first-order valence-electron chi connectivity index (χ1n) is 18.4. The molecule has 0 atom stereocenters. The van der Waals surface area contributed by atoms with Gasteiger partial charge in [0.25, 0.3) is 0 Å². The third-order valence-corrected chi connectivity index (χ3v) is 11.5. The lowest BCUT2D eigenvalue weighted by Crippen LogP contribution is -2.49. The molecule has 0 saturated carbocycles. The summed E-state index contributed by atoms with van der Waals surface area (Å²) in [6.45, 7) is 0. The Morgan fingerprint density at radius 1 is 0.407 bits per heavy atom. The summed E-state index contributed by atoms with van der Waals surface area (Å²) in [4.78, 5) is 0. The molecule has 8 aromatic carbocycles. The molecule has 2 aliphatic rings. The Morgan fingerprint density at radius 2 is 0.907 bits per heavy atom. The SMILES string of the molecule is c1ccc(-n2c3ccccc3c3c4oc5ccccc5c4c4c(c5ccccc5n4-c4cc5c6c(c4)-c4ccccc4OB6Oc4ccccc4-5)c32)cc1. The van der Waals surface area contributed by atoms with Crippen molar-refractivity contribution in [3.05, 3.63) is 164 Å². The van der Waals surface area contributed by atoms with E-state index in [9.17, 15) is 0 Å². The van der Waals surface area contributed by atoms with Gasteiger partial charge in [0.1, 0.15) is 22.7 Å². The topological polar surface area (TPSA) is 41.5 Å². The fourth-order valence-corrected chi connectivity index (χ4v) is 9.42. The van der Waals surface area contributed by atoms with Gasteiger partial charge in [0.05, 0.1) is 32.8 Å². The number of fused-ring (bicyclic) bond motifs is 16. The molecule has 13 rings (SSSR count). The first-order valence-corrected chi connectivity index (χ1v) is 18.4. The summed E-state index contributed by atoms with van der Waals surface area (Å²) in [6, 6.07) is 58.0. The molecule has 0 saturated heterocycles. The predicted molar refractivity (Wildman–Crippen MR) is 220 cm³/mol. The standard InChI is InChI=1S/C48H27BN2O3/c1-2-14-28(15-3-1)50-38-22-10-5-19-33(38)43-46(50)42-32-18-4-9-21-37(32)51(47(42)44-34-20-8-11-23-39(34)52-48(43)44)29-26-35-30-16-6-12-24-40(30)53-49-45(35)36(27-29)31-17-7-13-25-41(31)54-49/h1-27H. The van der Waals surface area contributed by atoms with Crippen LogP contribution in [0.15, 0.2) is 168 Å². The van der Waals surface area contributed by atoms with Crippen molar-refractivity contribution in [1.82, 2.24) is 9.13 Å². The second-order valence-corrected chi connectivity index (χ2v) is 14.3. The second-order valence-electron chi connectivity index (χ2n) is 14.3. The second kappa shape index (κ2) is 10.2. The van der Waals surface area contributed by atoms with Crippen LogP contribution in [0.5, 0.6) is 11.5 Å². The van der Waals surface area contributed by atoms with Gasteiger partial charge in [-0.05, 0) is 65.7 Å². The van der Waals surface area contributed by atoms with Crippen molar-refractivity contribution >= 4 is 78.1 Å².